The normalized spacial score (nSPS) is 12.2. The second-order valence-corrected chi connectivity index (χ2v) is 3.01. The predicted octanol–water partition coefficient (Wildman–Crippen LogP) is 1.42. The zero-order valence-electron chi connectivity index (χ0n) is 8.45. The Morgan fingerprint density at radius 1 is 1.57 bits per heavy atom. The first-order valence-electron chi connectivity index (χ1n) is 4.60. The van der Waals surface area contributed by atoms with E-state index in [9.17, 15) is 0 Å². The van der Waals surface area contributed by atoms with Crippen LogP contribution in [0.15, 0.2) is 18.2 Å². The van der Waals surface area contributed by atoms with Crippen molar-refractivity contribution in [3.05, 3.63) is 18.2 Å². The van der Waals surface area contributed by atoms with Crippen LogP contribution in [0.3, 0.4) is 0 Å². The van der Waals surface area contributed by atoms with Gasteiger partial charge in [0.05, 0.1) is 12.3 Å². The van der Waals surface area contributed by atoms with Crippen LogP contribution in [0.25, 0.3) is 0 Å². The molecule has 1 rings (SSSR count). The molecule has 14 heavy (non-hydrogen) atoms. The van der Waals surface area contributed by atoms with Crippen LogP contribution in [0.5, 0.6) is 5.75 Å². The van der Waals surface area contributed by atoms with Gasteiger partial charge in [-0.15, -0.1) is 0 Å². The lowest BCUT2D eigenvalue weighted by atomic mass is 10.2. The van der Waals surface area contributed by atoms with Gasteiger partial charge in [-0.2, -0.15) is 0 Å². The molecule has 0 amide bonds. The number of anilines is 2. The van der Waals surface area contributed by atoms with E-state index in [-0.39, 0.29) is 0 Å². The van der Waals surface area contributed by atoms with Gasteiger partial charge in [-0.3, -0.25) is 0 Å². The molecule has 0 bridgehead atoms. The number of nitrogens with one attached hydrogen (secondary N) is 1. The van der Waals surface area contributed by atoms with Crippen molar-refractivity contribution >= 4 is 11.4 Å². The summed E-state index contributed by atoms with van der Waals surface area (Å²) < 4.78 is 5.28. The molecule has 0 fully saturated rings. The summed E-state index contributed by atoms with van der Waals surface area (Å²) >= 11 is 0. The van der Waals surface area contributed by atoms with Gasteiger partial charge < -0.3 is 20.9 Å². The maximum absolute atomic E-state index is 9.09. The Bertz CT molecular complexity index is 300. The van der Waals surface area contributed by atoms with E-state index in [2.05, 4.69) is 5.32 Å². The highest BCUT2D eigenvalue weighted by molar-refractivity contribution is 5.62. The number of rotatable bonds is 4. The zero-order chi connectivity index (χ0) is 10.6. The molecule has 4 nitrogen and oxygen atoms in total. The molecule has 4 heteroatoms. The summed E-state index contributed by atoms with van der Waals surface area (Å²) in [5, 5.41) is 11.9. The van der Waals surface area contributed by atoms with Crippen molar-refractivity contribution in [1.82, 2.24) is 0 Å². The van der Waals surface area contributed by atoms with E-state index in [1.807, 2.05) is 13.0 Å². The number of aliphatic hydroxyl groups is 1. The van der Waals surface area contributed by atoms with Gasteiger partial charge in [0.25, 0.3) is 0 Å². The summed E-state index contributed by atoms with van der Waals surface area (Å²) in [5.41, 5.74) is 7.08. The standard InChI is InChI=1S/C10H16N2O2/c1-3-14-10-5-4-8(6-9(10)11)12-7(2)13/h4-7,12-13H,3,11H2,1-2H3. The molecule has 0 aliphatic carbocycles. The third-order valence-corrected chi connectivity index (χ3v) is 1.69. The Labute approximate surface area is 83.7 Å². The lowest BCUT2D eigenvalue weighted by molar-refractivity contribution is 0.224. The molecule has 0 aliphatic rings. The van der Waals surface area contributed by atoms with Crippen molar-refractivity contribution in [2.75, 3.05) is 17.7 Å². The van der Waals surface area contributed by atoms with E-state index in [0.29, 0.717) is 18.0 Å². The summed E-state index contributed by atoms with van der Waals surface area (Å²) in [4.78, 5) is 0. The Morgan fingerprint density at radius 3 is 2.79 bits per heavy atom. The van der Waals surface area contributed by atoms with Gasteiger partial charge in [0.15, 0.2) is 0 Å². The number of ether oxygens (including phenoxy) is 1. The quantitative estimate of drug-likeness (QED) is 0.503. The highest BCUT2D eigenvalue weighted by atomic mass is 16.5. The van der Waals surface area contributed by atoms with Gasteiger partial charge >= 0.3 is 0 Å². The molecule has 0 aliphatic heterocycles. The number of nitrogens with two attached hydrogens (primary N) is 1. The summed E-state index contributed by atoms with van der Waals surface area (Å²) in [7, 11) is 0. The summed E-state index contributed by atoms with van der Waals surface area (Å²) in [6.07, 6.45) is -0.590. The SMILES string of the molecule is CCOc1ccc(NC(C)O)cc1N. The second kappa shape index (κ2) is 4.72. The molecule has 0 spiro atoms. The molecule has 1 unspecified atom stereocenters. The third kappa shape index (κ3) is 2.81. The van der Waals surface area contributed by atoms with E-state index in [1.165, 1.54) is 0 Å². The molecule has 78 valence electrons. The van der Waals surface area contributed by atoms with Crippen LogP contribution in [0.4, 0.5) is 11.4 Å². The van der Waals surface area contributed by atoms with Crippen LogP contribution in [0.2, 0.25) is 0 Å². The van der Waals surface area contributed by atoms with Gasteiger partial charge in [-0.05, 0) is 32.0 Å². The van der Waals surface area contributed by atoms with Crippen LogP contribution in [-0.2, 0) is 0 Å². The summed E-state index contributed by atoms with van der Waals surface area (Å²) in [6.45, 7) is 4.14. The minimum Gasteiger partial charge on any atom is -0.492 e. The molecule has 1 aromatic rings. The molecule has 0 aromatic heterocycles. The van der Waals surface area contributed by atoms with Gasteiger partial charge in [0.2, 0.25) is 0 Å². The Morgan fingerprint density at radius 2 is 2.29 bits per heavy atom. The van der Waals surface area contributed by atoms with E-state index in [0.717, 1.165) is 5.69 Å². The average Bonchev–Trinajstić information content (AvgIpc) is 2.09. The Kier molecular flexibility index (Phi) is 3.59. The minimum atomic E-state index is -0.590. The van der Waals surface area contributed by atoms with E-state index < -0.39 is 6.23 Å². The molecule has 1 aromatic carbocycles. The third-order valence-electron chi connectivity index (χ3n) is 1.69. The fourth-order valence-corrected chi connectivity index (χ4v) is 1.17. The Hall–Kier alpha value is -1.42. The van der Waals surface area contributed by atoms with E-state index >= 15 is 0 Å². The molecule has 0 saturated heterocycles. The number of hydrogen-bond acceptors (Lipinski definition) is 4. The molecule has 0 saturated carbocycles. The topological polar surface area (TPSA) is 67.5 Å². The zero-order valence-corrected chi connectivity index (χ0v) is 8.45. The van der Waals surface area contributed by atoms with Crippen LogP contribution in [0.1, 0.15) is 13.8 Å². The van der Waals surface area contributed by atoms with Crippen LogP contribution in [0, 0.1) is 0 Å². The van der Waals surface area contributed by atoms with Crippen molar-refractivity contribution in [2.24, 2.45) is 0 Å². The molecule has 0 radical (unpaired) electrons. The average molecular weight is 196 g/mol. The number of hydrogen-bond donors (Lipinski definition) is 3. The lowest BCUT2D eigenvalue weighted by Gasteiger charge is -2.12. The fourth-order valence-electron chi connectivity index (χ4n) is 1.17. The van der Waals surface area contributed by atoms with Gasteiger partial charge in [0.1, 0.15) is 12.0 Å². The highest BCUT2D eigenvalue weighted by Crippen LogP contribution is 2.25. The smallest absolute Gasteiger partial charge is 0.142 e. The molecule has 4 N–H and O–H groups in total. The predicted molar refractivity (Wildman–Crippen MR) is 57.3 cm³/mol. The van der Waals surface area contributed by atoms with Gasteiger partial charge in [0, 0.05) is 5.69 Å². The minimum absolute atomic E-state index is 0.567. The fraction of sp³-hybridized carbons (Fsp3) is 0.400. The van der Waals surface area contributed by atoms with Gasteiger partial charge in [-0.1, -0.05) is 0 Å². The second-order valence-electron chi connectivity index (χ2n) is 3.01. The first kappa shape index (κ1) is 10.7. The van der Waals surface area contributed by atoms with Crippen molar-refractivity contribution in [1.29, 1.82) is 0 Å². The van der Waals surface area contributed by atoms with Crippen LogP contribution in [-0.4, -0.2) is 17.9 Å². The number of nitrogen functional groups attached to an aromatic ring is 1. The first-order valence-corrected chi connectivity index (χ1v) is 4.60. The largest absolute Gasteiger partial charge is 0.492 e. The Balaban J connectivity index is 2.78. The maximum atomic E-state index is 9.09. The first-order chi connectivity index (χ1) is 6.63. The van der Waals surface area contributed by atoms with Crippen molar-refractivity contribution < 1.29 is 9.84 Å². The molecule has 0 heterocycles. The van der Waals surface area contributed by atoms with E-state index in [1.54, 1.807) is 19.1 Å². The maximum Gasteiger partial charge on any atom is 0.142 e. The highest BCUT2D eigenvalue weighted by Gasteiger charge is 2.02. The van der Waals surface area contributed by atoms with Crippen LogP contribution < -0.4 is 15.8 Å². The van der Waals surface area contributed by atoms with Gasteiger partial charge in [-0.25, -0.2) is 0 Å². The molecular weight excluding hydrogens is 180 g/mol. The number of benzene rings is 1. The summed E-state index contributed by atoms with van der Waals surface area (Å²) in [6, 6.07) is 5.33. The van der Waals surface area contributed by atoms with Crippen molar-refractivity contribution in [3.63, 3.8) is 0 Å². The van der Waals surface area contributed by atoms with Crippen molar-refractivity contribution in [3.8, 4) is 5.75 Å². The van der Waals surface area contributed by atoms with E-state index in [4.69, 9.17) is 15.6 Å². The summed E-state index contributed by atoms with van der Waals surface area (Å²) in [5.74, 6) is 0.670. The van der Waals surface area contributed by atoms with Crippen LogP contribution >= 0.6 is 0 Å². The van der Waals surface area contributed by atoms with Crippen molar-refractivity contribution in [2.45, 2.75) is 20.1 Å². The monoisotopic (exact) mass is 196 g/mol. The number of aliphatic hydroxyl groups excluding tert-OH is 1. The molecular formula is C10H16N2O2. The molecule has 1 atom stereocenters. The lowest BCUT2D eigenvalue weighted by Crippen LogP contribution is -2.13.